The molecule has 5 rings (SSSR count). The lowest BCUT2D eigenvalue weighted by atomic mass is 9.96. The predicted octanol–water partition coefficient (Wildman–Crippen LogP) is 4.26. The fourth-order valence-corrected chi connectivity index (χ4v) is 4.84. The van der Waals surface area contributed by atoms with E-state index < -0.39 is 5.60 Å². The molecule has 0 unspecified atom stereocenters. The number of piperidine rings is 1. The Labute approximate surface area is 180 Å². The van der Waals surface area contributed by atoms with Crippen molar-refractivity contribution in [2.24, 2.45) is 0 Å². The van der Waals surface area contributed by atoms with E-state index >= 15 is 0 Å². The predicted molar refractivity (Wildman–Crippen MR) is 116 cm³/mol. The quantitative estimate of drug-likeness (QED) is 0.646. The number of aromatic nitrogens is 4. The standard InChI is InChI=1S/C22H28N6O3/c1-12-25-20(31-27-12)17-11-24-19-16(7-8-23-19)18(17)26-13-9-14-5-6-15(10-13)28(14)21(29)30-22(2,3)4/h7-8,11,13-15H,5-6,9-10H2,1-4H3,(H2,23,24,26)/t13-,14-,15+. The number of aromatic amines is 1. The van der Waals surface area contributed by atoms with E-state index in [1.54, 1.807) is 13.1 Å². The zero-order chi connectivity index (χ0) is 21.8. The lowest BCUT2D eigenvalue weighted by molar-refractivity contribution is 0.00684. The van der Waals surface area contributed by atoms with Gasteiger partial charge in [-0.2, -0.15) is 4.98 Å². The third-order valence-electron chi connectivity index (χ3n) is 6.03. The van der Waals surface area contributed by atoms with Crippen molar-refractivity contribution >= 4 is 22.8 Å². The van der Waals surface area contributed by atoms with Gasteiger partial charge < -0.3 is 24.5 Å². The van der Waals surface area contributed by atoms with Crippen LogP contribution in [0.5, 0.6) is 0 Å². The summed E-state index contributed by atoms with van der Waals surface area (Å²) in [5.74, 6) is 1.03. The Morgan fingerprint density at radius 1 is 1.29 bits per heavy atom. The van der Waals surface area contributed by atoms with Crippen LogP contribution in [-0.4, -0.2) is 54.8 Å². The maximum Gasteiger partial charge on any atom is 0.410 e. The minimum absolute atomic E-state index is 0.184. The van der Waals surface area contributed by atoms with Crippen LogP contribution in [0.3, 0.4) is 0 Å². The Morgan fingerprint density at radius 3 is 2.68 bits per heavy atom. The van der Waals surface area contributed by atoms with Gasteiger partial charge >= 0.3 is 6.09 Å². The topological polar surface area (TPSA) is 109 Å². The van der Waals surface area contributed by atoms with Crippen molar-refractivity contribution in [3.05, 3.63) is 24.3 Å². The van der Waals surface area contributed by atoms with Crippen LogP contribution in [0.25, 0.3) is 22.5 Å². The number of carbonyl (C=O) groups is 1. The number of rotatable bonds is 3. The molecule has 2 saturated heterocycles. The van der Waals surface area contributed by atoms with Crippen molar-refractivity contribution in [3.8, 4) is 11.5 Å². The Bertz CT molecular complexity index is 1100. The summed E-state index contributed by atoms with van der Waals surface area (Å²) in [6, 6.07) is 2.59. The first kappa shape index (κ1) is 19.8. The molecule has 9 heteroatoms. The third-order valence-corrected chi connectivity index (χ3v) is 6.03. The number of pyridine rings is 1. The van der Waals surface area contributed by atoms with Crippen molar-refractivity contribution in [3.63, 3.8) is 0 Å². The fraction of sp³-hybridized carbons (Fsp3) is 0.545. The number of aryl methyl sites for hydroxylation is 1. The van der Waals surface area contributed by atoms with E-state index in [1.165, 1.54) is 0 Å². The highest BCUT2D eigenvalue weighted by atomic mass is 16.6. The molecule has 164 valence electrons. The third kappa shape index (κ3) is 3.73. The van der Waals surface area contributed by atoms with Crippen LogP contribution in [0.2, 0.25) is 0 Å². The van der Waals surface area contributed by atoms with E-state index in [9.17, 15) is 4.79 Å². The van der Waals surface area contributed by atoms with Crippen molar-refractivity contribution in [2.45, 2.75) is 77.1 Å². The molecule has 0 aromatic carbocycles. The van der Waals surface area contributed by atoms with Gasteiger partial charge in [-0.25, -0.2) is 9.78 Å². The van der Waals surface area contributed by atoms with Crippen LogP contribution >= 0.6 is 0 Å². The fourth-order valence-electron chi connectivity index (χ4n) is 4.84. The Morgan fingerprint density at radius 2 is 2.03 bits per heavy atom. The Kier molecular flexibility index (Phi) is 4.64. The molecule has 2 aliphatic heterocycles. The molecular weight excluding hydrogens is 396 g/mol. The lowest BCUT2D eigenvalue weighted by Gasteiger charge is -2.40. The van der Waals surface area contributed by atoms with Gasteiger partial charge in [0.05, 0.1) is 11.3 Å². The number of hydrogen-bond donors (Lipinski definition) is 2. The van der Waals surface area contributed by atoms with E-state index in [2.05, 4.69) is 25.4 Å². The van der Waals surface area contributed by atoms with Crippen LogP contribution < -0.4 is 5.32 Å². The molecule has 3 aromatic heterocycles. The molecule has 1 amide bonds. The molecule has 3 aromatic rings. The summed E-state index contributed by atoms with van der Waals surface area (Å²) in [5.41, 5.74) is 2.04. The number of nitrogens with zero attached hydrogens (tertiary/aromatic N) is 4. The van der Waals surface area contributed by atoms with Gasteiger partial charge in [0.25, 0.3) is 5.89 Å². The van der Waals surface area contributed by atoms with E-state index in [0.717, 1.165) is 48.0 Å². The average molecular weight is 425 g/mol. The molecule has 2 bridgehead atoms. The molecule has 2 N–H and O–H groups in total. The van der Waals surface area contributed by atoms with E-state index in [1.807, 2.05) is 37.9 Å². The molecule has 0 aliphatic carbocycles. The molecular formula is C22H28N6O3. The van der Waals surface area contributed by atoms with Crippen LogP contribution in [0.1, 0.15) is 52.3 Å². The second kappa shape index (κ2) is 7.25. The average Bonchev–Trinajstić information content (AvgIpc) is 3.39. The van der Waals surface area contributed by atoms with Crippen molar-refractivity contribution in [1.82, 2.24) is 25.0 Å². The Balaban J connectivity index is 1.41. The number of hydrogen-bond acceptors (Lipinski definition) is 7. The smallest absolute Gasteiger partial charge is 0.410 e. The molecule has 31 heavy (non-hydrogen) atoms. The highest BCUT2D eigenvalue weighted by Gasteiger charge is 2.45. The van der Waals surface area contributed by atoms with Crippen LogP contribution in [-0.2, 0) is 4.74 Å². The highest BCUT2D eigenvalue weighted by Crippen LogP contribution is 2.40. The monoisotopic (exact) mass is 424 g/mol. The summed E-state index contributed by atoms with van der Waals surface area (Å²) in [7, 11) is 0. The van der Waals surface area contributed by atoms with Crippen molar-refractivity contribution < 1.29 is 14.1 Å². The van der Waals surface area contributed by atoms with Gasteiger partial charge in [-0.05, 0) is 59.4 Å². The van der Waals surface area contributed by atoms with Gasteiger partial charge in [0.15, 0.2) is 5.82 Å². The molecule has 0 saturated carbocycles. The lowest BCUT2D eigenvalue weighted by Crippen LogP contribution is -2.51. The summed E-state index contributed by atoms with van der Waals surface area (Å²) in [6.45, 7) is 7.53. The number of carbonyl (C=O) groups excluding carboxylic acids is 1. The number of H-pyrrole nitrogens is 1. The highest BCUT2D eigenvalue weighted by molar-refractivity contribution is 5.97. The number of amides is 1. The van der Waals surface area contributed by atoms with Gasteiger partial charge in [-0.3, -0.25) is 0 Å². The molecule has 2 fully saturated rings. The van der Waals surface area contributed by atoms with Crippen LogP contribution in [0.15, 0.2) is 23.0 Å². The van der Waals surface area contributed by atoms with E-state index in [-0.39, 0.29) is 24.2 Å². The Hall–Kier alpha value is -3.10. The minimum Gasteiger partial charge on any atom is -0.444 e. The molecule has 0 radical (unpaired) electrons. The molecule has 3 atom stereocenters. The van der Waals surface area contributed by atoms with Crippen LogP contribution in [0.4, 0.5) is 10.5 Å². The first-order valence-electron chi connectivity index (χ1n) is 10.8. The van der Waals surface area contributed by atoms with Crippen LogP contribution in [0, 0.1) is 6.92 Å². The zero-order valence-corrected chi connectivity index (χ0v) is 18.3. The first-order valence-corrected chi connectivity index (χ1v) is 10.8. The van der Waals surface area contributed by atoms with E-state index in [0.29, 0.717) is 11.7 Å². The molecule has 2 aliphatic rings. The summed E-state index contributed by atoms with van der Waals surface area (Å²) < 4.78 is 11.1. The first-order chi connectivity index (χ1) is 14.8. The van der Waals surface area contributed by atoms with Crippen molar-refractivity contribution in [1.29, 1.82) is 0 Å². The zero-order valence-electron chi connectivity index (χ0n) is 18.3. The number of nitrogens with one attached hydrogen (secondary N) is 2. The maximum atomic E-state index is 12.8. The summed E-state index contributed by atoms with van der Waals surface area (Å²) in [4.78, 5) is 26.8. The van der Waals surface area contributed by atoms with Crippen molar-refractivity contribution in [2.75, 3.05) is 5.32 Å². The molecule has 5 heterocycles. The largest absolute Gasteiger partial charge is 0.444 e. The summed E-state index contributed by atoms with van der Waals surface area (Å²) >= 11 is 0. The normalized spacial score (nSPS) is 23.4. The second-order valence-corrected chi connectivity index (χ2v) is 9.52. The van der Waals surface area contributed by atoms with Gasteiger partial charge in [-0.1, -0.05) is 5.16 Å². The number of ether oxygens (including phenoxy) is 1. The second-order valence-electron chi connectivity index (χ2n) is 9.52. The number of fused-ring (bicyclic) bond motifs is 3. The van der Waals surface area contributed by atoms with Gasteiger partial charge in [0, 0.05) is 35.9 Å². The van der Waals surface area contributed by atoms with E-state index in [4.69, 9.17) is 9.26 Å². The van der Waals surface area contributed by atoms with Gasteiger partial charge in [0.1, 0.15) is 11.2 Å². The summed E-state index contributed by atoms with van der Waals surface area (Å²) in [5, 5.41) is 8.64. The SMILES string of the molecule is Cc1noc(-c2cnc3[nH]ccc3c2N[C@@H]2C[C@H]3CC[C@@H](C2)N3C(=O)OC(C)(C)C)n1. The van der Waals surface area contributed by atoms with Gasteiger partial charge in [-0.15, -0.1) is 0 Å². The molecule has 9 nitrogen and oxygen atoms in total. The molecule has 0 spiro atoms. The van der Waals surface area contributed by atoms with Gasteiger partial charge in [0.2, 0.25) is 0 Å². The minimum atomic E-state index is -0.486. The number of anilines is 1. The maximum absolute atomic E-state index is 12.8. The summed E-state index contributed by atoms with van der Waals surface area (Å²) in [6.07, 6.45) is 7.19.